The normalized spacial score (nSPS) is 10.5. The van der Waals surface area contributed by atoms with Crippen molar-refractivity contribution in [1.29, 1.82) is 0 Å². The summed E-state index contributed by atoms with van der Waals surface area (Å²) in [6.45, 7) is 0.647. The van der Waals surface area contributed by atoms with Gasteiger partial charge in [-0.05, 0) is 33.4 Å². The number of benzene rings is 4. The third kappa shape index (κ3) is 5.69. The molecule has 0 saturated carbocycles. The summed E-state index contributed by atoms with van der Waals surface area (Å²) in [5.74, 6) is 0.880. The Labute approximate surface area is 242 Å². The minimum atomic E-state index is 0. The zero-order valence-electron chi connectivity index (χ0n) is 18.6. The number of hydrogen-bond acceptors (Lipinski definition) is 3. The van der Waals surface area contributed by atoms with Gasteiger partial charge in [0.25, 0.3) is 0 Å². The molecule has 0 aliphatic rings. The zero-order chi connectivity index (χ0) is 21.8. The Hall–Kier alpha value is -2.12. The monoisotopic (exact) mass is 471 g/mol. The van der Waals surface area contributed by atoms with Gasteiger partial charge in [0.05, 0.1) is 0 Å². The Bertz CT molecular complexity index is 1320. The van der Waals surface area contributed by atoms with E-state index in [9.17, 15) is 0 Å². The average molecular weight is 472 g/mol. The van der Waals surface area contributed by atoms with Crippen molar-refractivity contribution in [2.45, 2.75) is 18.1 Å². The van der Waals surface area contributed by atoms with Gasteiger partial charge in [0, 0.05) is 18.1 Å². The zero-order valence-corrected chi connectivity index (χ0v) is 22.5. The van der Waals surface area contributed by atoms with Crippen molar-refractivity contribution in [1.82, 2.24) is 14.8 Å². The fourth-order valence-corrected chi connectivity index (χ4v) is 4.18. The molecule has 0 N–H and O–H groups in total. The molecule has 1 heterocycles. The van der Waals surface area contributed by atoms with Crippen LogP contribution in [0.1, 0.15) is 17.0 Å². The number of rotatable bonds is 6. The van der Waals surface area contributed by atoms with Crippen molar-refractivity contribution >= 4 is 12.6 Å². The molecule has 4 aromatic carbocycles. The van der Waals surface area contributed by atoms with Gasteiger partial charge in [-0.3, -0.25) is 0 Å². The molecule has 0 atom stereocenters. The second kappa shape index (κ2) is 11.3. The first-order valence-corrected chi connectivity index (χ1v) is 11.1. The van der Waals surface area contributed by atoms with Gasteiger partial charge in [-0.25, -0.2) is 0 Å². The van der Waals surface area contributed by atoms with E-state index in [0.717, 1.165) is 5.82 Å². The maximum atomic E-state index is 5.52. The minimum absolute atomic E-state index is 0. The third-order valence-electron chi connectivity index (χ3n) is 5.65. The van der Waals surface area contributed by atoms with Crippen molar-refractivity contribution in [2.24, 2.45) is 0 Å². The maximum Gasteiger partial charge on any atom is 1.00 e. The molecule has 5 aromatic rings. The van der Waals surface area contributed by atoms with Crippen LogP contribution in [-0.4, -0.2) is 14.8 Å². The van der Waals surface area contributed by atoms with Crippen LogP contribution in [0.5, 0.6) is 0 Å². The smallest absolute Gasteiger partial charge is 0.740 e. The van der Waals surface area contributed by atoms with Crippen LogP contribution in [0.15, 0.2) is 114 Å². The Morgan fingerprint density at radius 3 is 1.88 bits per heavy atom. The molecule has 5 heteroatoms. The summed E-state index contributed by atoms with van der Waals surface area (Å²) in [6, 6.07) is 37.9. The second-order valence-electron chi connectivity index (χ2n) is 7.75. The SMILES string of the molecule is [K+].[S-]c1nnc(Cc2ccc(-c3ccccc3)cc2)n1Cc1ccccc1-c1ccccc1. The van der Waals surface area contributed by atoms with Gasteiger partial charge in [0.15, 0.2) is 0 Å². The molecular weight excluding hydrogens is 449 g/mol. The molecule has 0 amide bonds. The minimum Gasteiger partial charge on any atom is -0.740 e. The molecule has 5 rings (SSSR count). The van der Waals surface area contributed by atoms with E-state index in [1.807, 2.05) is 16.7 Å². The van der Waals surface area contributed by atoms with Crippen LogP contribution in [-0.2, 0) is 25.6 Å². The van der Waals surface area contributed by atoms with Crippen LogP contribution in [0.4, 0.5) is 0 Å². The van der Waals surface area contributed by atoms with Gasteiger partial charge in [-0.2, -0.15) is 5.10 Å². The molecule has 156 valence electrons. The summed E-state index contributed by atoms with van der Waals surface area (Å²) in [5, 5.41) is 9.12. The van der Waals surface area contributed by atoms with E-state index in [-0.39, 0.29) is 51.4 Å². The maximum absolute atomic E-state index is 5.52. The summed E-state index contributed by atoms with van der Waals surface area (Å²) in [5.41, 5.74) is 7.20. The summed E-state index contributed by atoms with van der Waals surface area (Å²) < 4.78 is 2.04. The van der Waals surface area contributed by atoms with E-state index in [1.165, 1.54) is 33.4 Å². The standard InChI is InChI=1S/C28H23N3S.K/c32-28-30-29-27(19-21-15-17-23(18-16-21)22-9-3-1-4-10-22)31(28)20-25-13-7-8-14-26(25)24-11-5-2-6-12-24;/h1-18H,19-20H2,(H,30,32);/q;+1/p-1. The second-order valence-corrected chi connectivity index (χ2v) is 8.11. The van der Waals surface area contributed by atoms with Gasteiger partial charge >= 0.3 is 51.4 Å². The van der Waals surface area contributed by atoms with Crippen LogP contribution in [0.25, 0.3) is 22.3 Å². The third-order valence-corrected chi connectivity index (χ3v) is 5.95. The number of hydrogen-bond donors (Lipinski definition) is 0. The topological polar surface area (TPSA) is 30.7 Å². The molecule has 0 fully saturated rings. The molecule has 1 aromatic heterocycles. The van der Waals surface area contributed by atoms with Crippen molar-refractivity contribution < 1.29 is 51.4 Å². The van der Waals surface area contributed by atoms with Crippen LogP contribution >= 0.6 is 0 Å². The van der Waals surface area contributed by atoms with Gasteiger partial charge in [-0.1, -0.05) is 109 Å². The molecule has 0 spiro atoms. The van der Waals surface area contributed by atoms with Crippen LogP contribution in [0.3, 0.4) is 0 Å². The van der Waals surface area contributed by atoms with Crippen LogP contribution in [0.2, 0.25) is 0 Å². The van der Waals surface area contributed by atoms with Crippen molar-refractivity contribution in [3.63, 3.8) is 0 Å². The Kier molecular flexibility index (Phi) is 8.25. The van der Waals surface area contributed by atoms with Crippen molar-refractivity contribution in [3.8, 4) is 22.3 Å². The molecule has 0 aliphatic heterocycles. The largest absolute Gasteiger partial charge is 1.00 e. The fourth-order valence-electron chi connectivity index (χ4n) is 3.96. The molecule has 0 unspecified atom stereocenters. The first-order chi connectivity index (χ1) is 15.8. The van der Waals surface area contributed by atoms with Gasteiger partial charge in [-0.15, -0.1) is 5.10 Å². The van der Waals surface area contributed by atoms with Crippen molar-refractivity contribution in [2.75, 3.05) is 0 Å². The molecule has 33 heavy (non-hydrogen) atoms. The molecular formula is C28H22KN3S. The van der Waals surface area contributed by atoms with Gasteiger partial charge in [0.2, 0.25) is 0 Å². The summed E-state index contributed by atoms with van der Waals surface area (Å²) in [4.78, 5) is 0. The number of nitrogens with zero attached hydrogens (tertiary/aromatic N) is 3. The van der Waals surface area contributed by atoms with E-state index < -0.39 is 0 Å². The van der Waals surface area contributed by atoms with E-state index in [2.05, 4.69) is 107 Å². The summed E-state index contributed by atoms with van der Waals surface area (Å²) >= 11 is 5.52. The first kappa shape index (κ1) is 24.0. The van der Waals surface area contributed by atoms with E-state index in [1.54, 1.807) is 0 Å². The van der Waals surface area contributed by atoms with E-state index >= 15 is 0 Å². The molecule has 0 radical (unpaired) electrons. The molecule has 3 nitrogen and oxygen atoms in total. The predicted molar refractivity (Wildman–Crippen MR) is 131 cm³/mol. The van der Waals surface area contributed by atoms with Crippen LogP contribution in [0, 0.1) is 0 Å². The average Bonchev–Trinajstić information content (AvgIpc) is 3.20. The predicted octanol–water partition coefficient (Wildman–Crippen LogP) is 3.16. The fraction of sp³-hybridized carbons (Fsp3) is 0.0714. The number of aromatic nitrogens is 3. The quantitative estimate of drug-likeness (QED) is 0.282. The summed E-state index contributed by atoms with van der Waals surface area (Å²) in [6.07, 6.45) is 0.687. The van der Waals surface area contributed by atoms with E-state index in [0.29, 0.717) is 18.1 Å². The summed E-state index contributed by atoms with van der Waals surface area (Å²) in [7, 11) is 0. The van der Waals surface area contributed by atoms with Gasteiger partial charge in [0.1, 0.15) is 5.82 Å². The Morgan fingerprint density at radius 2 is 1.18 bits per heavy atom. The van der Waals surface area contributed by atoms with Crippen molar-refractivity contribution in [3.05, 3.63) is 126 Å². The molecule has 0 aliphatic carbocycles. The van der Waals surface area contributed by atoms with Gasteiger partial charge < -0.3 is 17.2 Å². The Morgan fingerprint density at radius 1 is 0.606 bits per heavy atom. The first-order valence-electron chi connectivity index (χ1n) is 10.6. The molecule has 0 saturated heterocycles. The van der Waals surface area contributed by atoms with E-state index in [4.69, 9.17) is 12.6 Å². The Balaban J connectivity index is 0.00000259. The molecule has 0 bridgehead atoms. The van der Waals surface area contributed by atoms with Crippen LogP contribution < -0.4 is 51.4 Å².